The number of hydrogen-bond acceptors (Lipinski definition) is 4. The van der Waals surface area contributed by atoms with Gasteiger partial charge in [0.15, 0.2) is 5.76 Å². The molecule has 1 N–H and O–H groups in total. The first kappa shape index (κ1) is 12.6. The largest absolute Gasteiger partial charge is 0.478 e. The third-order valence-electron chi connectivity index (χ3n) is 3.01. The van der Waals surface area contributed by atoms with Gasteiger partial charge in [-0.2, -0.15) is 0 Å². The Kier molecular flexibility index (Phi) is 3.66. The summed E-state index contributed by atoms with van der Waals surface area (Å²) in [5.74, 6) is -1.34. The molecule has 1 atom stereocenters. The SMILES string of the molecule is CC1CCOCCN1C(=O)c1cc(C(=O)O)co1. The van der Waals surface area contributed by atoms with Gasteiger partial charge in [0, 0.05) is 25.3 Å². The van der Waals surface area contributed by atoms with Crippen molar-refractivity contribution in [1.29, 1.82) is 0 Å². The maximum atomic E-state index is 12.2. The van der Waals surface area contributed by atoms with E-state index < -0.39 is 5.97 Å². The van der Waals surface area contributed by atoms with Gasteiger partial charge in [-0.15, -0.1) is 0 Å². The van der Waals surface area contributed by atoms with Crippen LogP contribution in [-0.4, -0.2) is 47.7 Å². The van der Waals surface area contributed by atoms with E-state index in [-0.39, 0.29) is 23.3 Å². The van der Waals surface area contributed by atoms with Crippen LogP contribution < -0.4 is 0 Å². The predicted octanol–water partition coefficient (Wildman–Crippen LogP) is 1.23. The van der Waals surface area contributed by atoms with E-state index in [0.717, 1.165) is 12.7 Å². The van der Waals surface area contributed by atoms with Crippen molar-refractivity contribution in [2.75, 3.05) is 19.8 Å². The van der Waals surface area contributed by atoms with E-state index in [1.54, 1.807) is 4.90 Å². The summed E-state index contributed by atoms with van der Waals surface area (Å²) >= 11 is 0. The van der Waals surface area contributed by atoms with Crippen molar-refractivity contribution < 1.29 is 23.8 Å². The monoisotopic (exact) mass is 253 g/mol. The summed E-state index contributed by atoms with van der Waals surface area (Å²) in [5.41, 5.74) is -0.0166. The summed E-state index contributed by atoms with van der Waals surface area (Å²) in [5, 5.41) is 8.78. The quantitative estimate of drug-likeness (QED) is 0.857. The van der Waals surface area contributed by atoms with E-state index in [4.69, 9.17) is 14.3 Å². The Labute approximate surface area is 104 Å². The number of nitrogens with zero attached hydrogens (tertiary/aromatic N) is 1. The molecule has 1 aliphatic rings. The lowest BCUT2D eigenvalue weighted by atomic mass is 10.2. The van der Waals surface area contributed by atoms with Gasteiger partial charge in [0.1, 0.15) is 6.26 Å². The number of hydrogen-bond donors (Lipinski definition) is 1. The number of ether oxygens (including phenoxy) is 1. The highest BCUT2D eigenvalue weighted by Gasteiger charge is 2.26. The molecule has 1 aromatic heterocycles. The Hall–Kier alpha value is -1.82. The number of carbonyl (C=O) groups excluding carboxylic acids is 1. The zero-order chi connectivity index (χ0) is 13.1. The van der Waals surface area contributed by atoms with Crippen molar-refractivity contribution in [3.63, 3.8) is 0 Å². The van der Waals surface area contributed by atoms with Crippen LogP contribution in [-0.2, 0) is 4.74 Å². The number of carbonyl (C=O) groups is 2. The van der Waals surface area contributed by atoms with Gasteiger partial charge >= 0.3 is 5.97 Å². The third kappa shape index (κ3) is 2.53. The molecule has 6 heteroatoms. The Balaban J connectivity index is 2.15. The second-order valence-corrected chi connectivity index (χ2v) is 4.25. The Morgan fingerprint density at radius 2 is 2.22 bits per heavy atom. The summed E-state index contributed by atoms with van der Waals surface area (Å²) in [6.45, 7) is 3.54. The van der Waals surface area contributed by atoms with Crippen LogP contribution in [0, 0.1) is 0 Å². The van der Waals surface area contributed by atoms with Crippen molar-refractivity contribution in [3.8, 4) is 0 Å². The van der Waals surface area contributed by atoms with Crippen LogP contribution in [0.2, 0.25) is 0 Å². The molecule has 0 aliphatic carbocycles. The molecule has 6 nitrogen and oxygen atoms in total. The maximum Gasteiger partial charge on any atom is 0.338 e. The molecular formula is C12H15NO5. The molecule has 0 spiro atoms. The van der Waals surface area contributed by atoms with E-state index in [9.17, 15) is 9.59 Å². The van der Waals surface area contributed by atoms with Gasteiger partial charge in [0.05, 0.1) is 12.2 Å². The Morgan fingerprint density at radius 3 is 2.89 bits per heavy atom. The van der Waals surface area contributed by atoms with Crippen molar-refractivity contribution in [2.24, 2.45) is 0 Å². The normalized spacial score (nSPS) is 20.5. The fourth-order valence-electron chi connectivity index (χ4n) is 1.90. The van der Waals surface area contributed by atoms with Gasteiger partial charge in [-0.05, 0) is 13.3 Å². The molecule has 1 fully saturated rings. The van der Waals surface area contributed by atoms with E-state index in [2.05, 4.69) is 0 Å². The van der Waals surface area contributed by atoms with Crippen molar-refractivity contribution in [3.05, 3.63) is 23.7 Å². The summed E-state index contributed by atoms with van der Waals surface area (Å²) < 4.78 is 10.3. The van der Waals surface area contributed by atoms with Crippen LogP contribution in [0.15, 0.2) is 16.7 Å². The molecule has 1 amide bonds. The lowest BCUT2D eigenvalue weighted by molar-refractivity contribution is 0.0653. The predicted molar refractivity (Wildman–Crippen MR) is 61.6 cm³/mol. The Morgan fingerprint density at radius 1 is 1.44 bits per heavy atom. The van der Waals surface area contributed by atoms with Crippen molar-refractivity contribution >= 4 is 11.9 Å². The highest BCUT2D eigenvalue weighted by atomic mass is 16.5. The third-order valence-corrected chi connectivity index (χ3v) is 3.01. The lowest BCUT2D eigenvalue weighted by Crippen LogP contribution is -2.39. The van der Waals surface area contributed by atoms with E-state index in [0.29, 0.717) is 19.8 Å². The summed E-state index contributed by atoms with van der Waals surface area (Å²) in [6.07, 6.45) is 1.84. The number of furan rings is 1. The van der Waals surface area contributed by atoms with E-state index in [1.807, 2.05) is 6.92 Å². The average molecular weight is 253 g/mol. The van der Waals surface area contributed by atoms with Crippen LogP contribution in [0.5, 0.6) is 0 Å². The minimum absolute atomic E-state index is 0.0166. The Bertz CT molecular complexity index is 453. The lowest BCUT2D eigenvalue weighted by Gasteiger charge is -2.25. The molecule has 98 valence electrons. The highest BCUT2D eigenvalue weighted by Crippen LogP contribution is 2.15. The molecule has 18 heavy (non-hydrogen) atoms. The zero-order valence-corrected chi connectivity index (χ0v) is 10.1. The minimum atomic E-state index is -1.11. The molecule has 0 aromatic carbocycles. The number of carboxylic acid groups (broad SMARTS) is 1. The van der Waals surface area contributed by atoms with Crippen molar-refractivity contribution in [2.45, 2.75) is 19.4 Å². The molecule has 1 saturated heterocycles. The summed E-state index contributed by atoms with van der Waals surface area (Å²) in [7, 11) is 0. The highest BCUT2D eigenvalue weighted by molar-refractivity contribution is 5.95. The number of rotatable bonds is 2. The number of carboxylic acids is 1. The van der Waals surface area contributed by atoms with Crippen LogP contribution in [0.1, 0.15) is 34.3 Å². The van der Waals surface area contributed by atoms with Crippen LogP contribution in [0.3, 0.4) is 0 Å². The van der Waals surface area contributed by atoms with Crippen molar-refractivity contribution in [1.82, 2.24) is 4.90 Å². The molecule has 1 aliphatic heterocycles. The van der Waals surface area contributed by atoms with Gasteiger partial charge in [-0.3, -0.25) is 4.79 Å². The van der Waals surface area contributed by atoms with Gasteiger partial charge in [-0.25, -0.2) is 4.79 Å². The molecule has 1 aromatic rings. The zero-order valence-electron chi connectivity index (χ0n) is 10.1. The molecule has 2 heterocycles. The second-order valence-electron chi connectivity index (χ2n) is 4.25. The van der Waals surface area contributed by atoms with E-state index >= 15 is 0 Å². The van der Waals surface area contributed by atoms with Gasteiger partial charge in [0.2, 0.25) is 0 Å². The van der Waals surface area contributed by atoms with Crippen LogP contribution in [0.25, 0.3) is 0 Å². The molecule has 0 bridgehead atoms. The van der Waals surface area contributed by atoms with E-state index in [1.165, 1.54) is 6.07 Å². The first-order valence-corrected chi connectivity index (χ1v) is 5.80. The smallest absolute Gasteiger partial charge is 0.338 e. The van der Waals surface area contributed by atoms with Gasteiger partial charge in [-0.1, -0.05) is 0 Å². The fraction of sp³-hybridized carbons (Fsp3) is 0.500. The minimum Gasteiger partial charge on any atom is -0.478 e. The standard InChI is InChI=1S/C12H15NO5/c1-8-2-4-17-5-3-13(8)11(14)10-6-9(7-18-10)12(15)16/h6-8H,2-5H2,1H3,(H,15,16). The first-order valence-electron chi connectivity index (χ1n) is 5.80. The van der Waals surface area contributed by atoms with Gasteiger partial charge in [0.25, 0.3) is 5.91 Å². The average Bonchev–Trinajstić information content (AvgIpc) is 2.73. The summed E-state index contributed by atoms with van der Waals surface area (Å²) in [6, 6.07) is 1.31. The number of amides is 1. The molecule has 0 saturated carbocycles. The number of aromatic carboxylic acids is 1. The fourth-order valence-corrected chi connectivity index (χ4v) is 1.90. The van der Waals surface area contributed by atoms with Crippen LogP contribution >= 0.6 is 0 Å². The second kappa shape index (κ2) is 5.22. The molecular weight excluding hydrogens is 238 g/mol. The first-order chi connectivity index (χ1) is 8.59. The van der Waals surface area contributed by atoms with Gasteiger partial charge < -0.3 is 19.2 Å². The van der Waals surface area contributed by atoms with Crippen LogP contribution in [0.4, 0.5) is 0 Å². The maximum absolute atomic E-state index is 12.2. The summed E-state index contributed by atoms with van der Waals surface area (Å²) in [4.78, 5) is 24.6. The topological polar surface area (TPSA) is 80.0 Å². The molecule has 0 radical (unpaired) electrons. The molecule has 2 rings (SSSR count). The molecule has 1 unspecified atom stereocenters.